The van der Waals surface area contributed by atoms with E-state index in [1.54, 1.807) is 18.2 Å². The van der Waals surface area contributed by atoms with Crippen LogP contribution in [0.25, 0.3) is 0 Å². The highest BCUT2D eigenvalue weighted by atomic mass is 35.5. The van der Waals surface area contributed by atoms with Gasteiger partial charge in [-0.05, 0) is 12.1 Å². The van der Waals surface area contributed by atoms with Crippen LogP contribution in [0, 0.1) is 0 Å². The molecule has 2 rings (SSSR count). The van der Waals surface area contributed by atoms with Crippen LogP contribution in [0.5, 0.6) is 11.5 Å². The minimum Gasteiger partial charge on any atom is -0.486 e. The lowest BCUT2D eigenvalue weighted by Crippen LogP contribution is -2.38. The molecule has 0 amide bonds. The van der Waals surface area contributed by atoms with Gasteiger partial charge in [-0.2, -0.15) is 0 Å². The topological polar surface area (TPSA) is 67.8 Å². The molecule has 1 aromatic carbocycles. The van der Waals surface area contributed by atoms with E-state index in [4.69, 9.17) is 25.6 Å². The standard InChI is InChI=1S/C9H10ClNO4S/c10-6-1-2-8-9(3-6)14-5-7(15-8)4-11-16(12)13/h1-3,7,11H,4-5H2,(H,12,13). The zero-order chi connectivity index (χ0) is 11.5. The van der Waals surface area contributed by atoms with E-state index in [9.17, 15) is 4.21 Å². The molecule has 7 heteroatoms. The lowest BCUT2D eigenvalue weighted by Gasteiger charge is -2.26. The largest absolute Gasteiger partial charge is 0.486 e. The first kappa shape index (κ1) is 11.7. The molecule has 16 heavy (non-hydrogen) atoms. The van der Waals surface area contributed by atoms with Crippen LogP contribution in [0.3, 0.4) is 0 Å². The van der Waals surface area contributed by atoms with Crippen LogP contribution in [0.4, 0.5) is 0 Å². The van der Waals surface area contributed by atoms with Crippen molar-refractivity contribution in [1.29, 1.82) is 0 Å². The molecule has 1 aliphatic rings. The summed E-state index contributed by atoms with van der Waals surface area (Å²) < 4.78 is 32.3. The molecule has 0 saturated heterocycles. The molecule has 1 aliphatic heterocycles. The average molecular weight is 264 g/mol. The predicted molar refractivity (Wildman–Crippen MR) is 60.1 cm³/mol. The first-order valence-electron chi connectivity index (χ1n) is 4.58. The minimum absolute atomic E-state index is 0.241. The van der Waals surface area contributed by atoms with Gasteiger partial charge in [0.1, 0.15) is 12.7 Å². The fraction of sp³-hybridized carbons (Fsp3) is 0.333. The van der Waals surface area contributed by atoms with Crippen molar-refractivity contribution in [3.05, 3.63) is 23.2 Å². The van der Waals surface area contributed by atoms with Gasteiger partial charge in [0.05, 0.1) is 6.54 Å². The van der Waals surface area contributed by atoms with Crippen molar-refractivity contribution in [2.45, 2.75) is 6.10 Å². The molecule has 0 radical (unpaired) electrons. The van der Waals surface area contributed by atoms with Gasteiger partial charge in [-0.25, -0.2) is 8.93 Å². The summed E-state index contributed by atoms with van der Waals surface area (Å²) in [6.07, 6.45) is -0.287. The van der Waals surface area contributed by atoms with Crippen molar-refractivity contribution in [2.75, 3.05) is 13.2 Å². The van der Waals surface area contributed by atoms with E-state index in [2.05, 4.69) is 4.72 Å². The van der Waals surface area contributed by atoms with E-state index >= 15 is 0 Å². The zero-order valence-corrected chi connectivity index (χ0v) is 9.75. The summed E-state index contributed by atoms with van der Waals surface area (Å²) in [5.41, 5.74) is 0. The molecule has 2 unspecified atom stereocenters. The van der Waals surface area contributed by atoms with Gasteiger partial charge in [0.15, 0.2) is 11.5 Å². The first-order valence-corrected chi connectivity index (χ1v) is 6.07. The molecule has 5 nitrogen and oxygen atoms in total. The first-order chi connectivity index (χ1) is 7.65. The van der Waals surface area contributed by atoms with E-state index in [1.165, 1.54) is 0 Å². The second-order valence-corrected chi connectivity index (χ2v) is 4.46. The van der Waals surface area contributed by atoms with Crippen molar-refractivity contribution >= 4 is 22.9 Å². The molecule has 2 N–H and O–H groups in total. The van der Waals surface area contributed by atoms with E-state index in [1.807, 2.05) is 0 Å². The number of halogens is 1. The number of benzene rings is 1. The predicted octanol–water partition coefficient (Wildman–Crippen LogP) is 1.21. The maximum atomic E-state index is 10.4. The van der Waals surface area contributed by atoms with Gasteiger partial charge in [0, 0.05) is 11.1 Å². The van der Waals surface area contributed by atoms with Crippen molar-refractivity contribution < 1.29 is 18.2 Å². The maximum absolute atomic E-state index is 10.4. The second kappa shape index (κ2) is 5.01. The zero-order valence-electron chi connectivity index (χ0n) is 8.18. The Morgan fingerprint density at radius 2 is 2.38 bits per heavy atom. The number of fused-ring (bicyclic) bond motifs is 1. The van der Waals surface area contributed by atoms with Crippen LogP contribution in [0.2, 0.25) is 5.02 Å². The number of ether oxygens (including phenoxy) is 2. The number of nitrogens with one attached hydrogen (secondary N) is 1. The molecule has 0 aromatic heterocycles. The third-order valence-corrected chi connectivity index (χ3v) is 2.71. The van der Waals surface area contributed by atoms with Crippen LogP contribution < -0.4 is 14.2 Å². The number of rotatable bonds is 3. The third kappa shape index (κ3) is 2.85. The fourth-order valence-electron chi connectivity index (χ4n) is 1.35. The summed E-state index contributed by atoms with van der Waals surface area (Å²) in [4.78, 5) is 0. The normalized spacial score (nSPS) is 20.5. The van der Waals surface area contributed by atoms with Crippen LogP contribution in [-0.2, 0) is 11.3 Å². The minimum atomic E-state index is -2.04. The molecule has 88 valence electrons. The highest BCUT2D eigenvalue weighted by Gasteiger charge is 2.21. The van der Waals surface area contributed by atoms with Crippen LogP contribution in [0.1, 0.15) is 0 Å². The Balaban J connectivity index is 2.01. The summed E-state index contributed by atoms with van der Waals surface area (Å²) >= 11 is 3.76. The van der Waals surface area contributed by atoms with Crippen LogP contribution in [-0.4, -0.2) is 28.0 Å². The average Bonchev–Trinajstić information content (AvgIpc) is 2.26. The summed E-state index contributed by atoms with van der Waals surface area (Å²) in [7, 11) is 0. The van der Waals surface area contributed by atoms with Crippen molar-refractivity contribution in [1.82, 2.24) is 4.72 Å². The van der Waals surface area contributed by atoms with Crippen molar-refractivity contribution in [2.24, 2.45) is 0 Å². The molecule has 0 bridgehead atoms. The summed E-state index contributed by atoms with van der Waals surface area (Å²) in [5, 5.41) is 0.579. The Labute approximate surface area is 100 Å². The number of hydrogen-bond donors (Lipinski definition) is 2. The van der Waals surface area contributed by atoms with Gasteiger partial charge < -0.3 is 9.47 Å². The van der Waals surface area contributed by atoms with Gasteiger partial charge in [0.2, 0.25) is 11.3 Å². The third-order valence-electron chi connectivity index (χ3n) is 2.06. The molecule has 1 heterocycles. The smallest absolute Gasteiger partial charge is 0.231 e. The molecule has 2 atom stereocenters. The Morgan fingerprint density at radius 1 is 1.56 bits per heavy atom. The molecule has 0 fully saturated rings. The quantitative estimate of drug-likeness (QED) is 0.805. The fourth-order valence-corrected chi connectivity index (χ4v) is 1.84. The monoisotopic (exact) mass is 263 g/mol. The summed E-state index contributed by atoms with van der Waals surface area (Å²) in [6, 6.07) is 5.08. The van der Waals surface area contributed by atoms with E-state index in [0.717, 1.165) is 0 Å². The molecule has 0 aliphatic carbocycles. The lowest BCUT2D eigenvalue weighted by molar-refractivity contribution is 0.0942. The Hall–Kier alpha value is -0.820. The summed E-state index contributed by atoms with van der Waals surface area (Å²) in [6.45, 7) is 0.558. The highest BCUT2D eigenvalue weighted by molar-refractivity contribution is 7.77. The maximum Gasteiger partial charge on any atom is 0.231 e. The van der Waals surface area contributed by atoms with Gasteiger partial charge in [0.25, 0.3) is 0 Å². The highest BCUT2D eigenvalue weighted by Crippen LogP contribution is 2.33. The van der Waals surface area contributed by atoms with Gasteiger partial charge in [-0.15, -0.1) is 0 Å². The van der Waals surface area contributed by atoms with Crippen molar-refractivity contribution in [3.63, 3.8) is 0 Å². The molecular formula is C9H10ClNO4S. The van der Waals surface area contributed by atoms with Gasteiger partial charge in [-0.1, -0.05) is 11.6 Å². The van der Waals surface area contributed by atoms with Crippen LogP contribution in [0.15, 0.2) is 18.2 Å². The van der Waals surface area contributed by atoms with E-state index in [-0.39, 0.29) is 12.6 Å². The van der Waals surface area contributed by atoms with E-state index < -0.39 is 11.3 Å². The molecule has 0 spiro atoms. The number of hydrogen-bond acceptors (Lipinski definition) is 3. The summed E-state index contributed by atoms with van der Waals surface area (Å²) in [5.74, 6) is 1.18. The molecule has 1 aromatic rings. The molecular weight excluding hydrogens is 254 g/mol. The second-order valence-electron chi connectivity index (χ2n) is 3.24. The van der Waals surface area contributed by atoms with E-state index in [0.29, 0.717) is 23.1 Å². The van der Waals surface area contributed by atoms with Crippen molar-refractivity contribution in [3.8, 4) is 11.5 Å². The van der Waals surface area contributed by atoms with Crippen LogP contribution >= 0.6 is 11.6 Å². The van der Waals surface area contributed by atoms with Gasteiger partial charge in [-0.3, -0.25) is 4.55 Å². The van der Waals surface area contributed by atoms with Gasteiger partial charge >= 0.3 is 0 Å². The lowest BCUT2D eigenvalue weighted by atomic mass is 10.2. The molecule has 0 saturated carbocycles. The Kier molecular flexibility index (Phi) is 3.65. The Morgan fingerprint density at radius 3 is 3.12 bits per heavy atom. The Bertz CT molecular complexity index is 414. The SMILES string of the molecule is O=S(O)NCC1COc2cc(Cl)ccc2O1.